The summed E-state index contributed by atoms with van der Waals surface area (Å²) in [4.78, 5) is 12.5. The largest absolute Gasteiger partial charge is 0.494 e. The zero-order valence-electron chi connectivity index (χ0n) is 20.6. The SMILES string of the molecule is CNc1c(N)cc(C(CC(=O)O)c2ccc(C)c(CN3CCOc4ccccc4S3=O)c2)cc1OC. The molecule has 0 aliphatic carbocycles. The van der Waals surface area contributed by atoms with Gasteiger partial charge in [0.2, 0.25) is 0 Å². The van der Waals surface area contributed by atoms with Gasteiger partial charge >= 0.3 is 5.97 Å². The first-order valence-electron chi connectivity index (χ1n) is 11.7. The van der Waals surface area contributed by atoms with E-state index in [0.29, 0.717) is 47.5 Å². The third kappa shape index (κ3) is 5.32. The highest BCUT2D eigenvalue weighted by molar-refractivity contribution is 7.82. The Bertz CT molecular complexity index is 1300. The van der Waals surface area contributed by atoms with Crippen LogP contribution in [0.25, 0.3) is 0 Å². The molecule has 0 aromatic heterocycles. The molecule has 0 saturated heterocycles. The van der Waals surface area contributed by atoms with E-state index in [9.17, 15) is 14.1 Å². The summed E-state index contributed by atoms with van der Waals surface area (Å²) < 4.78 is 26.5. The maximum atomic E-state index is 13.4. The van der Waals surface area contributed by atoms with Crippen molar-refractivity contribution in [2.75, 3.05) is 38.4 Å². The number of carboxylic acid groups (broad SMARTS) is 1. The van der Waals surface area contributed by atoms with Gasteiger partial charge in [-0.1, -0.05) is 30.3 Å². The number of nitrogens with two attached hydrogens (primary N) is 1. The first-order valence-corrected chi connectivity index (χ1v) is 12.8. The molecule has 1 aliphatic rings. The number of rotatable bonds is 8. The van der Waals surface area contributed by atoms with Crippen molar-refractivity contribution in [3.63, 3.8) is 0 Å². The van der Waals surface area contributed by atoms with Crippen LogP contribution in [-0.2, 0) is 22.3 Å². The number of hydrogen-bond acceptors (Lipinski definition) is 6. The number of ether oxygens (including phenoxy) is 2. The van der Waals surface area contributed by atoms with Crippen molar-refractivity contribution in [3.8, 4) is 11.5 Å². The number of anilines is 2. The van der Waals surface area contributed by atoms with Crippen molar-refractivity contribution in [3.05, 3.63) is 76.9 Å². The molecule has 190 valence electrons. The number of nitrogens with one attached hydrogen (secondary N) is 1. The third-order valence-electron chi connectivity index (χ3n) is 6.40. The number of methoxy groups -OCH3 is 1. The van der Waals surface area contributed by atoms with Crippen LogP contribution in [0.1, 0.15) is 34.6 Å². The molecule has 9 heteroatoms. The lowest BCUT2D eigenvalue weighted by molar-refractivity contribution is -0.137. The smallest absolute Gasteiger partial charge is 0.304 e. The van der Waals surface area contributed by atoms with E-state index < -0.39 is 22.9 Å². The van der Waals surface area contributed by atoms with Gasteiger partial charge in [-0.05, 0) is 53.4 Å². The van der Waals surface area contributed by atoms with Crippen LogP contribution < -0.4 is 20.5 Å². The molecule has 0 bridgehead atoms. The molecule has 1 heterocycles. The monoisotopic (exact) mass is 509 g/mol. The molecule has 0 spiro atoms. The van der Waals surface area contributed by atoms with Crippen LogP contribution in [0, 0.1) is 6.92 Å². The lowest BCUT2D eigenvalue weighted by Crippen LogP contribution is -2.28. The lowest BCUT2D eigenvalue weighted by Gasteiger charge is -2.23. The molecule has 8 nitrogen and oxygen atoms in total. The van der Waals surface area contributed by atoms with Crippen molar-refractivity contribution < 1.29 is 23.6 Å². The number of hydrogen-bond donors (Lipinski definition) is 3. The Morgan fingerprint density at radius 1 is 1.22 bits per heavy atom. The van der Waals surface area contributed by atoms with Gasteiger partial charge in [0.15, 0.2) is 0 Å². The topological polar surface area (TPSA) is 114 Å². The number of fused-ring (bicyclic) bond motifs is 1. The van der Waals surface area contributed by atoms with E-state index in [2.05, 4.69) is 5.32 Å². The Morgan fingerprint density at radius 3 is 2.72 bits per heavy atom. The highest BCUT2D eigenvalue weighted by Crippen LogP contribution is 2.38. The number of carbonyl (C=O) groups is 1. The summed E-state index contributed by atoms with van der Waals surface area (Å²) >= 11 is 0. The summed E-state index contributed by atoms with van der Waals surface area (Å²) in [5, 5.41) is 12.7. The third-order valence-corrected chi connectivity index (χ3v) is 7.89. The molecule has 4 rings (SSSR count). The molecule has 2 unspecified atom stereocenters. The van der Waals surface area contributed by atoms with Crippen molar-refractivity contribution in [1.82, 2.24) is 4.31 Å². The van der Waals surface area contributed by atoms with E-state index in [-0.39, 0.29) is 6.42 Å². The Kier molecular flexibility index (Phi) is 7.81. The van der Waals surface area contributed by atoms with Crippen LogP contribution in [0.2, 0.25) is 0 Å². The van der Waals surface area contributed by atoms with E-state index in [0.717, 1.165) is 22.3 Å². The van der Waals surface area contributed by atoms with Gasteiger partial charge in [-0.25, -0.2) is 8.51 Å². The molecule has 0 saturated carbocycles. The summed E-state index contributed by atoms with van der Waals surface area (Å²) in [6.07, 6.45) is -0.110. The zero-order chi connectivity index (χ0) is 25.8. The Morgan fingerprint density at radius 2 is 2.00 bits per heavy atom. The van der Waals surface area contributed by atoms with Gasteiger partial charge in [0.1, 0.15) is 29.1 Å². The number of aryl methyl sites for hydroxylation is 1. The lowest BCUT2D eigenvalue weighted by atomic mass is 9.86. The van der Waals surface area contributed by atoms with Crippen molar-refractivity contribution in [2.45, 2.75) is 30.7 Å². The minimum Gasteiger partial charge on any atom is -0.494 e. The molecule has 3 aromatic rings. The standard InChI is InChI=1S/C27H31N3O5S/c1-17-8-9-18(21(15-26(31)32)19-13-22(28)27(29-2)24(14-19)34-3)12-20(17)16-30-10-11-35-23-6-4-5-7-25(23)36(30)33/h4-9,12-14,21,29H,10-11,15-16,28H2,1-3H3,(H,31,32). The highest BCUT2D eigenvalue weighted by atomic mass is 32.2. The average molecular weight is 510 g/mol. The fourth-order valence-corrected chi connectivity index (χ4v) is 5.76. The second-order valence-corrected chi connectivity index (χ2v) is 10.1. The number of nitrogen functional groups attached to an aromatic ring is 1. The summed E-state index contributed by atoms with van der Waals surface area (Å²) in [7, 11) is 1.93. The molecule has 2 atom stereocenters. The van der Waals surface area contributed by atoms with Gasteiger partial charge in [0.05, 0.1) is 29.8 Å². The average Bonchev–Trinajstić information content (AvgIpc) is 3.02. The molecule has 36 heavy (non-hydrogen) atoms. The fourth-order valence-electron chi connectivity index (χ4n) is 4.49. The van der Waals surface area contributed by atoms with Gasteiger partial charge in [0, 0.05) is 26.1 Å². The van der Waals surface area contributed by atoms with Crippen LogP contribution in [0.5, 0.6) is 11.5 Å². The number of para-hydroxylation sites is 1. The predicted octanol–water partition coefficient (Wildman–Crippen LogP) is 4.15. The summed E-state index contributed by atoms with van der Waals surface area (Å²) in [5.41, 5.74) is 11.0. The van der Waals surface area contributed by atoms with Crippen molar-refractivity contribution >= 4 is 28.3 Å². The Balaban J connectivity index is 1.70. The highest BCUT2D eigenvalue weighted by Gasteiger charge is 2.25. The molecule has 4 N–H and O–H groups in total. The number of nitrogens with zero attached hydrogens (tertiary/aromatic N) is 1. The first-order chi connectivity index (χ1) is 17.3. The van der Waals surface area contributed by atoms with Crippen molar-refractivity contribution in [1.29, 1.82) is 0 Å². The van der Waals surface area contributed by atoms with Crippen molar-refractivity contribution in [2.24, 2.45) is 0 Å². The van der Waals surface area contributed by atoms with E-state index in [1.54, 1.807) is 20.2 Å². The molecule has 0 fully saturated rings. The predicted molar refractivity (Wildman–Crippen MR) is 141 cm³/mol. The number of benzene rings is 3. The molecular formula is C27H31N3O5S. The van der Waals surface area contributed by atoms with Gasteiger partial charge in [-0.3, -0.25) is 4.79 Å². The Hall–Kier alpha value is -3.56. The van der Waals surface area contributed by atoms with Gasteiger partial charge in [0.25, 0.3) is 0 Å². The summed E-state index contributed by atoms with van der Waals surface area (Å²) in [6.45, 7) is 3.37. The second kappa shape index (κ2) is 11.0. The van der Waals surface area contributed by atoms with E-state index in [1.165, 1.54) is 0 Å². The van der Waals surface area contributed by atoms with Crippen LogP contribution in [0.3, 0.4) is 0 Å². The maximum Gasteiger partial charge on any atom is 0.304 e. The Labute approximate surface area is 213 Å². The summed E-state index contributed by atoms with van der Waals surface area (Å²) in [5.74, 6) is -0.168. The van der Waals surface area contributed by atoms with Gasteiger partial charge in [-0.15, -0.1) is 0 Å². The number of aliphatic carboxylic acids is 1. The summed E-state index contributed by atoms with van der Waals surface area (Å²) in [6, 6.07) is 16.9. The minimum absolute atomic E-state index is 0.110. The fraction of sp³-hybridized carbons (Fsp3) is 0.296. The maximum absolute atomic E-state index is 13.4. The first kappa shape index (κ1) is 25.5. The molecule has 1 aliphatic heterocycles. The van der Waals surface area contributed by atoms with E-state index in [1.807, 2.05) is 59.8 Å². The minimum atomic E-state index is -1.38. The van der Waals surface area contributed by atoms with E-state index >= 15 is 0 Å². The van der Waals surface area contributed by atoms with Crippen LogP contribution in [0.4, 0.5) is 11.4 Å². The molecule has 3 aromatic carbocycles. The van der Waals surface area contributed by atoms with Crippen LogP contribution in [0.15, 0.2) is 59.5 Å². The molecule has 0 amide bonds. The normalized spacial score (nSPS) is 16.4. The van der Waals surface area contributed by atoms with Crippen LogP contribution in [-0.4, -0.2) is 46.9 Å². The van der Waals surface area contributed by atoms with E-state index in [4.69, 9.17) is 15.2 Å². The van der Waals surface area contributed by atoms with Gasteiger partial charge in [-0.2, -0.15) is 0 Å². The quantitative estimate of drug-likeness (QED) is 0.391. The zero-order valence-corrected chi connectivity index (χ0v) is 21.4. The number of carboxylic acids is 1. The second-order valence-electron chi connectivity index (χ2n) is 8.68. The molecular weight excluding hydrogens is 478 g/mol. The molecule has 0 radical (unpaired) electrons. The van der Waals surface area contributed by atoms with Crippen LogP contribution >= 0.6 is 0 Å². The van der Waals surface area contributed by atoms with Gasteiger partial charge < -0.3 is 25.6 Å².